The third kappa shape index (κ3) is 1.77. The first-order chi connectivity index (χ1) is 6.77. The molecule has 1 atom stereocenters. The molecular weight excluding hydrogens is 182 g/mol. The van der Waals surface area contributed by atoms with Crippen LogP contribution in [0.4, 0.5) is 5.82 Å². The maximum absolute atomic E-state index is 11.6. The second-order valence-corrected chi connectivity index (χ2v) is 3.39. The normalized spacial score (nSPS) is 21.1. The van der Waals surface area contributed by atoms with Crippen LogP contribution in [0.5, 0.6) is 0 Å². The van der Waals surface area contributed by atoms with Crippen LogP contribution in [0.3, 0.4) is 0 Å². The summed E-state index contributed by atoms with van der Waals surface area (Å²) in [4.78, 5) is 11.6. The standard InChI is InChI=1S/C9H13N3O2/c1-12-8(2-4-10-12)11-9(13)7-3-5-14-6-7/h2,4,7H,3,5-6H2,1H3,(H,11,13). The van der Waals surface area contributed by atoms with E-state index < -0.39 is 0 Å². The first kappa shape index (κ1) is 9.21. The number of rotatable bonds is 2. The Balaban J connectivity index is 1.97. The van der Waals surface area contributed by atoms with Crippen LogP contribution in [0, 0.1) is 5.92 Å². The highest BCUT2D eigenvalue weighted by molar-refractivity contribution is 5.91. The van der Waals surface area contributed by atoms with E-state index in [9.17, 15) is 4.79 Å². The molecule has 1 aromatic heterocycles. The Morgan fingerprint density at radius 1 is 1.79 bits per heavy atom. The summed E-state index contributed by atoms with van der Waals surface area (Å²) in [6.45, 7) is 1.22. The number of carbonyl (C=O) groups excluding carboxylic acids is 1. The lowest BCUT2D eigenvalue weighted by atomic mass is 10.1. The summed E-state index contributed by atoms with van der Waals surface area (Å²) in [5, 5.41) is 6.78. The summed E-state index contributed by atoms with van der Waals surface area (Å²) in [6.07, 6.45) is 2.46. The lowest BCUT2D eigenvalue weighted by molar-refractivity contribution is -0.119. The maximum Gasteiger partial charge on any atom is 0.231 e. The Kier molecular flexibility index (Phi) is 2.49. The van der Waals surface area contributed by atoms with Crippen LogP contribution in [-0.2, 0) is 16.6 Å². The van der Waals surface area contributed by atoms with Crippen LogP contribution in [0.1, 0.15) is 6.42 Å². The van der Waals surface area contributed by atoms with Crippen molar-refractivity contribution in [3.8, 4) is 0 Å². The second kappa shape index (κ2) is 3.79. The molecule has 1 N–H and O–H groups in total. The Labute approximate surface area is 82.0 Å². The Morgan fingerprint density at radius 2 is 2.64 bits per heavy atom. The third-order valence-electron chi connectivity index (χ3n) is 2.37. The first-order valence-corrected chi connectivity index (χ1v) is 4.64. The van der Waals surface area contributed by atoms with Crippen LogP contribution in [0.2, 0.25) is 0 Å². The predicted molar refractivity (Wildman–Crippen MR) is 50.8 cm³/mol. The van der Waals surface area contributed by atoms with E-state index in [1.165, 1.54) is 0 Å². The summed E-state index contributed by atoms with van der Waals surface area (Å²) in [5.41, 5.74) is 0. The highest BCUT2D eigenvalue weighted by Crippen LogP contribution is 2.14. The van der Waals surface area contributed by atoms with Crippen molar-refractivity contribution < 1.29 is 9.53 Å². The summed E-state index contributed by atoms with van der Waals surface area (Å²) < 4.78 is 6.78. The van der Waals surface area contributed by atoms with Crippen molar-refractivity contribution in [1.29, 1.82) is 0 Å². The van der Waals surface area contributed by atoms with E-state index in [1.807, 2.05) is 0 Å². The molecule has 0 aromatic carbocycles. The number of ether oxygens (including phenoxy) is 1. The van der Waals surface area contributed by atoms with Gasteiger partial charge in [-0.25, -0.2) is 0 Å². The van der Waals surface area contributed by atoms with E-state index in [1.54, 1.807) is 24.0 Å². The van der Waals surface area contributed by atoms with Crippen LogP contribution >= 0.6 is 0 Å². The highest BCUT2D eigenvalue weighted by Gasteiger charge is 2.23. The molecule has 0 aliphatic carbocycles. The van der Waals surface area contributed by atoms with E-state index in [2.05, 4.69) is 10.4 Å². The molecule has 5 heteroatoms. The summed E-state index contributed by atoms with van der Waals surface area (Å²) >= 11 is 0. The quantitative estimate of drug-likeness (QED) is 0.743. The maximum atomic E-state index is 11.6. The first-order valence-electron chi connectivity index (χ1n) is 4.64. The molecule has 0 bridgehead atoms. The molecule has 14 heavy (non-hydrogen) atoms. The van der Waals surface area contributed by atoms with Crippen LogP contribution in [-0.4, -0.2) is 28.9 Å². The number of anilines is 1. The molecule has 0 radical (unpaired) electrons. The van der Waals surface area contributed by atoms with Crippen LogP contribution in [0.15, 0.2) is 12.3 Å². The number of aryl methyl sites for hydroxylation is 1. The van der Waals surface area contributed by atoms with Crippen molar-refractivity contribution >= 4 is 11.7 Å². The molecule has 76 valence electrons. The van der Waals surface area contributed by atoms with Crippen molar-refractivity contribution in [2.75, 3.05) is 18.5 Å². The van der Waals surface area contributed by atoms with Gasteiger partial charge in [0.1, 0.15) is 5.82 Å². The van der Waals surface area contributed by atoms with Gasteiger partial charge in [-0.1, -0.05) is 0 Å². The molecule has 1 aliphatic rings. The van der Waals surface area contributed by atoms with Crippen molar-refractivity contribution in [3.05, 3.63) is 12.3 Å². The second-order valence-electron chi connectivity index (χ2n) is 3.39. The summed E-state index contributed by atoms with van der Waals surface area (Å²) in [7, 11) is 1.79. The molecule has 0 spiro atoms. The molecule has 1 aliphatic heterocycles. The van der Waals surface area contributed by atoms with Gasteiger partial charge in [0.2, 0.25) is 5.91 Å². The number of nitrogens with one attached hydrogen (secondary N) is 1. The number of carbonyl (C=O) groups is 1. The molecule has 1 saturated heterocycles. The summed E-state index contributed by atoms with van der Waals surface area (Å²) in [6, 6.07) is 1.77. The molecule has 1 amide bonds. The van der Waals surface area contributed by atoms with E-state index in [-0.39, 0.29) is 11.8 Å². The fourth-order valence-corrected chi connectivity index (χ4v) is 1.47. The average Bonchev–Trinajstić information content (AvgIpc) is 2.77. The third-order valence-corrected chi connectivity index (χ3v) is 2.37. The molecule has 1 aromatic rings. The Bertz CT molecular complexity index is 329. The molecule has 0 saturated carbocycles. The van der Waals surface area contributed by atoms with E-state index in [4.69, 9.17) is 4.74 Å². The lowest BCUT2D eigenvalue weighted by Crippen LogP contribution is -2.24. The van der Waals surface area contributed by atoms with Gasteiger partial charge in [0.05, 0.1) is 18.7 Å². The van der Waals surface area contributed by atoms with Crippen molar-refractivity contribution in [3.63, 3.8) is 0 Å². The SMILES string of the molecule is Cn1nccc1NC(=O)C1CCOC1. The number of amides is 1. The molecule has 1 fully saturated rings. The largest absolute Gasteiger partial charge is 0.381 e. The van der Waals surface area contributed by atoms with Gasteiger partial charge in [0.25, 0.3) is 0 Å². The lowest BCUT2D eigenvalue weighted by Gasteiger charge is -2.08. The molecule has 5 nitrogen and oxygen atoms in total. The van der Waals surface area contributed by atoms with Gasteiger partial charge in [-0.2, -0.15) is 5.10 Å². The minimum atomic E-state index is -0.00935. The number of hydrogen-bond acceptors (Lipinski definition) is 3. The van der Waals surface area contributed by atoms with E-state index in [0.717, 1.165) is 12.2 Å². The van der Waals surface area contributed by atoms with Gasteiger partial charge in [-0.15, -0.1) is 0 Å². The molecule has 1 unspecified atom stereocenters. The zero-order chi connectivity index (χ0) is 9.97. The fraction of sp³-hybridized carbons (Fsp3) is 0.556. The van der Waals surface area contributed by atoms with Crippen LogP contribution in [0.25, 0.3) is 0 Å². The molecule has 2 heterocycles. The van der Waals surface area contributed by atoms with Crippen molar-refractivity contribution in [1.82, 2.24) is 9.78 Å². The Morgan fingerprint density at radius 3 is 3.21 bits per heavy atom. The zero-order valence-corrected chi connectivity index (χ0v) is 8.06. The number of aromatic nitrogens is 2. The zero-order valence-electron chi connectivity index (χ0n) is 8.06. The fourth-order valence-electron chi connectivity index (χ4n) is 1.47. The smallest absolute Gasteiger partial charge is 0.231 e. The van der Waals surface area contributed by atoms with E-state index in [0.29, 0.717) is 13.2 Å². The van der Waals surface area contributed by atoms with Gasteiger partial charge < -0.3 is 10.1 Å². The van der Waals surface area contributed by atoms with Gasteiger partial charge in [-0.3, -0.25) is 9.48 Å². The van der Waals surface area contributed by atoms with Gasteiger partial charge in [0, 0.05) is 19.7 Å². The minimum Gasteiger partial charge on any atom is -0.381 e. The monoisotopic (exact) mass is 195 g/mol. The molecular formula is C9H13N3O2. The minimum absolute atomic E-state index is 0.00935. The van der Waals surface area contributed by atoms with Gasteiger partial charge in [0.15, 0.2) is 0 Å². The Hall–Kier alpha value is -1.36. The van der Waals surface area contributed by atoms with Gasteiger partial charge in [-0.05, 0) is 6.42 Å². The highest BCUT2D eigenvalue weighted by atomic mass is 16.5. The van der Waals surface area contributed by atoms with Crippen molar-refractivity contribution in [2.45, 2.75) is 6.42 Å². The van der Waals surface area contributed by atoms with Crippen molar-refractivity contribution in [2.24, 2.45) is 13.0 Å². The number of nitrogens with zero attached hydrogens (tertiary/aromatic N) is 2. The topological polar surface area (TPSA) is 56.2 Å². The van der Waals surface area contributed by atoms with E-state index >= 15 is 0 Å². The van der Waals surface area contributed by atoms with Crippen LogP contribution < -0.4 is 5.32 Å². The average molecular weight is 195 g/mol. The van der Waals surface area contributed by atoms with Gasteiger partial charge >= 0.3 is 0 Å². The summed E-state index contributed by atoms with van der Waals surface area (Å²) in [5.74, 6) is 0.734. The predicted octanol–water partition coefficient (Wildman–Crippen LogP) is 0.395. The number of hydrogen-bond donors (Lipinski definition) is 1. The molecule has 2 rings (SSSR count).